The third kappa shape index (κ3) is 3.23. The number of piperidine rings is 1. The first-order chi connectivity index (χ1) is 11.5. The Bertz CT molecular complexity index is 811. The third-order valence-corrected chi connectivity index (χ3v) is 5.95. The van der Waals surface area contributed by atoms with Gasteiger partial charge in [0.05, 0.1) is 24.6 Å². The molecule has 0 saturated carbocycles. The van der Waals surface area contributed by atoms with Crippen LogP contribution in [0.5, 0.6) is 0 Å². The summed E-state index contributed by atoms with van der Waals surface area (Å²) in [6.45, 7) is 7.95. The highest BCUT2D eigenvalue weighted by Gasteiger charge is 2.24. The minimum Gasteiger partial charge on any atom is -0.462 e. The van der Waals surface area contributed by atoms with Gasteiger partial charge in [-0.05, 0) is 45.6 Å². The molecule has 3 heterocycles. The molecule has 1 fully saturated rings. The number of carbonyl (C=O) groups excluding carboxylic acids is 1. The van der Waals surface area contributed by atoms with Gasteiger partial charge in [-0.2, -0.15) is 0 Å². The fourth-order valence-corrected chi connectivity index (χ4v) is 4.49. The van der Waals surface area contributed by atoms with E-state index >= 15 is 0 Å². The number of aromatic nitrogens is 2. The van der Waals surface area contributed by atoms with Crippen LogP contribution in [0.25, 0.3) is 10.2 Å². The highest BCUT2D eigenvalue weighted by molar-refractivity contribution is 7.20. The molecule has 130 valence electrons. The lowest BCUT2D eigenvalue weighted by Gasteiger charge is -2.29. The maximum absolute atomic E-state index is 12.5. The molecule has 2 N–H and O–H groups in total. The normalized spacial score (nSPS) is 21.1. The summed E-state index contributed by atoms with van der Waals surface area (Å²) in [5, 5.41) is 0.508. The second-order valence-corrected chi connectivity index (χ2v) is 7.45. The molecule has 1 aliphatic rings. The van der Waals surface area contributed by atoms with E-state index in [-0.39, 0.29) is 11.5 Å². The number of thiophene rings is 1. The SMILES string of the molecule is CCOC(=O)c1sc2nc(C[NH+]3CCCC[C@H]3C)[nH]c(=O)c2c1C. The Balaban J connectivity index is 1.95. The van der Waals surface area contributed by atoms with Gasteiger partial charge in [0.25, 0.3) is 5.56 Å². The minimum atomic E-state index is -0.380. The lowest BCUT2D eigenvalue weighted by atomic mass is 10.0. The summed E-state index contributed by atoms with van der Waals surface area (Å²) in [7, 11) is 0. The number of quaternary nitrogens is 1. The van der Waals surface area contributed by atoms with E-state index < -0.39 is 0 Å². The number of esters is 1. The van der Waals surface area contributed by atoms with Crippen molar-refractivity contribution in [3.05, 3.63) is 26.6 Å². The van der Waals surface area contributed by atoms with Gasteiger partial charge in [-0.1, -0.05) is 0 Å². The van der Waals surface area contributed by atoms with E-state index in [1.54, 1.807) is 13.8 Å². The van der Waals surface area contributed by atoms with Gasteiger partial charge in [-0.25, -0.2) is 9.78 Å². The van der Waals surface area contributed by atoms with E-state index in [2.05, 4.69) is 16.9 Å². The first-order valence-corrected chi connectivity index (χ1v) is 9.37. The summed E-state index contributed by atoms with van der Waals surface area (Å²) in [5.41, 5.74) is 0.496. The van der Waals surface area contributed by atoms with Crippen molar-refractivity contribution in [1.82, 2.24) is 9.97 Å². The summed E-state index contributed by atoms with van der Waals surface area (Å²) < 4.78 is 5.07. The van der Waals surface area contributed by atoms with Gasteiger partial charge in [0.2, 0.25) is 0 Å². The van der Waals surface area contributed by atoms with Crippen LogP contribution >= 0.6 is 11.3 Å². The number of likely N-dealkylation sites (tertiary alicyclic amines) is 1. The fraction of sp³-hybridized carbons (Fsp3) is 0.588. The van der Waals surface area contributed by atoms with Gasteiger partial charge in [0.15, 0.2) is 5.82 Å². The fourth-order valence-electron chi connectivity index (χ4n) is 3.39. The van der Waals surface area contributed by atoms with Crippen molar-refractivity contribution in [2.24, 2.45) is 0 Å². The Morgan fingerprint density at radius 2 is 2.25 bits per heavy atom. The molecule has 24 heavy (non-hydrogen) atoms. The Labute approximate surface area is 144 Å². The molecule has 0 amide bonds. The zero-order valence-corrected chi connectivity index (χ0v) is 15.2. The van der Waals surface area contributed by atoms with E-state index in [0.29, 0.717) is 39.1 Å². The largest absolute Gasteiger partial charge is 0.462 e. The number of hydrogen-bond acceptors (Lipinski definition) is 5. The van der Waals surface area contributed by atoms with Gasteiger partial charge < -0.3 is 14.6 Å². The summed E-state index contributed by atoms with van der Waals surface area (Å²) in [5.74, 6) is 0.321. The topological polar surface area (TPSA) is 76.5 Å². The molecule has 2 aromatic rings. The number of H-pyrrole nitrogens is 1. The van der Waals surface area contributed by atoms with Crippen LogP contribution in [0.15, 0.2) is 4.79 Å². The Hall–Kier alpha value is -1.73. The number of carbonyl (C=O) groups is 1. The molecule has 0 aliphatic carbocycles. The molecular formula is C17H24N3O3S+. The Morgan fingerprint density at radius 1 is 1.46 bits per heavy atom. The summed E-state index contributed by atoms with van der Waals surface area (Å²) in [4.78, 5) is 34.6. The first-order valence-electron chi connectivity index (χ1n) is 8.55. The highest BCUT2D eigenvalue weighted by Crippen LogP contribution is 2.27. The molecule has 1 aliphatic heterocycles. The van der Waals surface area contributed by atoms with Crippen molar-refractivity contribution in [3.8, 4) is 0 Å². The van der Waals surface area contributed by atoms with Crippen LogP contribution in [0, 0.1) is 6.92 Å². The predicted octanol–water partition coefficient (Wildman–Crippen LogP) is 1.43. The third-order valence-electron chi connectivity index (χ3n) is 4.79. The summed E-state index contributed by atoms with van der Waals surface area (Å²) in [6.07, 6.45) is 3.71. The van der Waals surface area contributed by atoms with Crippen LogP contribution in [-0.4, -0.2) is 35.1 Å². The van der Waals surface area contributed by atoms with Crippen LogP contribution in [0.4, 0.5) is 0 Å². The van der Waals surface area contributed by atoms with Crippen molar-refractivity contribution in [2.75, 3.05) is 13.2 Å². The maximum atomic E-state index is 12.5. The molecule has 0 radical (unpaired) electrons. The van der Waals surface area contributed by atoms with Crippen LogP contribution < -0.4 is 10.5 Å². The number of fused-ring (bicyclic) bond motifs is 1. The predicted molar refractivity (Wildman–Crippen MR) is 93.8 cm³/mol. The zero-order chi connectivity index (χ0) is 17.3. The monoisotopic (exact) mass is 350 g/mol. The second-order valence-electron chi connectivity index (χ2n) is 6.45. The van der Waals surface area contributed by atoms with Crippen molar-refractivity contribution in [2.45, 2.75) is 52.6 Å². The van der Waals surface area contributed by atoms with Crippen LogP contribution in [-0.2, 0) is 11.3 Å². The van der Waals surface area contributed by atoms with E-state index in [1.165, 1.54) is 35.5 Å². The van der Waals surface area contributed by atoms with Crippen molar-refractivity contribution in [3.63, 3.8) is 0 Å². The number of aromatic amines is 1. The van der Waals surface area contributed by atoms with Crippen molar-refractivity contribution < 1.29 is 14.4 Å². The molecule has 6 nitrogen and oxygen atoms in total. The number of rotatable bonds is 4. The molecule has 0 spiro atoms. The van der Waals surface area contributed by atoms with Gasteiger partial charge in [0.1, 0.15) is 16.3 Å². The van der Waals surface area contributed by atoms with E-state index in [4.69, 9.17) is 4.74 Å². The molecule has 0 bridgehead atoms. The zero-order valence-electron chi connectivity index (χ0n) is 14.4. The maximum Gasteiger partial charge on any atom is 0.348 e. The lowest BCUT2D eigenvalue weighted by Crippen LogP contribution is -3.15. The second kappa shape index (κ2) is 7.03. The van der Waals surface area contributed by atoms with Gasteiger partial charge in [0, 0.05) is 0 Å². The smallest absolute Gasteiger partial charge is 0.348 e. The van der Waals surface area contributed by atoms with Gasteiger partial charge in [-0.15, -0.1) is 11.3 Å². The quantitative estimate of drug-likeness (QED) is 0.818. The van der Waals surface area contributed by atoms with Crippen molar-refractivity contribution in [1.29, 1.82) is 0 Å². The molecule has 0 aromatic carbocycles. The summed E-state index contributed by atoms with van der Waals surface area (Å²) in [6, 6.07) is 0.583. The molecule has 3 rings (SSSR count). The van der Waals surface area contributed by atoms with E-state index in [1.807, 2.05) is 0 Å². The summed E-state index contributed by atoms with van der Waals surface area (Å²) >= 11 is 1.25. The molecule has 1 unspecified atom stereocenters. The van der Waals surface area contributed by atoms with Crippen LogP contribution in [0.1, 0.15) is 54.2 Å². The number of nitrogens with zero attached hydrogens (tertiary/aromatic N) is 1. The average molecular weight is 350 g/mol. The van der Waals surface area contributed by atoms with Gasteiger partial charge >= 0.3 is 5.97 Å². The highest BCUT2D eigenvalue weighted by atomic mass is 32.1. The standard InChI is InChI=1S/C17H23N3O3S/c1-4-23-17(22)14-11(3)13-15(21)18-12(19-16(13)24-14)9-20-8-6-5-7-10(20)2/h10H,4-9H2,1-3H3,(H,18,19,21)/p+1/t10-/m1/s1. The van der Waals surface area contributed by atoms with Gasteiger partial charge in [-0.3, -0.25) is 4.79 Å². The minimum absolute atomic E-state index is 0.164. The van der Waals surface area contributed by atoms with Crippen LogP contribution in [0.3, 0.4) is 0 Å². The van der Waals surface area contributed by atoms with E-state index in [9.17, 15) is 9.59 Å². The molecule has 1 saturated heterocycles. The number of ether oxygens (including phenoxy) is 1. The lowest BCUT2D eigenvalue weighted by molar-refractivity contribution is -0.942. The van der Waals surface area contributed by atoms with E-state index in [0.717, 1.165) is 13.1 Å². The Morgan fingerprint density at radius 3 is 2.96 bits per heavy atom. The molecule has 2 atom stereocenters. The average Bonchev–Trinajstić information content (AvgIpc) is 2.87. The Kier molecular flexibility index (Phi) is 5.01. The molecule has 7 heteroatoms. The number of nitrogens with one attached hydrogen (secondary N) is 2. The number of aryl methyl sites for hydroxylation is 1. The first kappa shape index (κ1) is 17.1. The molecular weight excluding hydrogens is 326 g/mol. The number of hydrogen-bond donors (Lipinski definition) is 2. The van der Waals surface area contributed by atoms with Crippen molar-refractivity contribution >= 4 is 27.5 Å². The molecule has 2 aromatic heterocycles. The van der Waals surface area contributed by atoms with Crippen LogP contribution in [0.2, 0.25) is 0 Å².